The van der Waals surface area contributed by atoms with Crippen LogP contribution in [0.25, 0.3) is 72.5 Å². The zero-order chi connectivity index (χ0) is 34.7. The first kappa shape index (κ1) is 31.1. The molecule has 246 valence electrons. The summed E-state index contributed by atoms with van der Waals surface area (Å²) in [6.07, 6.45) is 6.81. The predicted octanol–water partition coefficient (Wildman–Crippen LogP) is 13.0. The predicted molar refractivity (Wildman–Crippen MR) is 215 cm³/mol. The van der Waals surface area contributed by atoms with Crippen LogP contribution >= 0.6 is 0 Å². The number of rotatable bonds is 5. The van der Waals surface area contributed by atoms with Gasteiger partial charge in [-0.25, -0.2) is 9.97 Å². The summed E-state index contributed by atoms with van der Waals surface area (Å²) < 4.78 is 0. The molecule has 0 fully saturated rings. The van der Waals surface area contributed by atoms with Crippen molar-refractivity contribution in [2.45, 2.75) is 46.0 Å². The third-order valence-corrected chi connectivity index (χ3v) is 11.1. The number of aromatic nitrogens is 2. The Bertz CT molecular complexity index is 2570. The van der Waals surface area contributed by atoms with Gasteiger partial charge in [0.15, 0.2) is 5.82 Å². The van der Waals surface area contributed by atoms with Gasteiger partial charge in [-0.15, -0.1) is 0 Å². The van der Waals surface area contributed by atoms with Gasteiger partial charge in [0.2, 0.25) is 0 Å². The number of aryl methyl sites for hydroxylation is 1. The molecule has 7 aromatic rings. The molecule has 51 heavy (non-hydrogen) atoms. The summed E-state index contributed by atoms with van der Waals surface area (Å²) in [4.78, 5) is 10.5. The highest BCUT2D eigenvalue weighted by atomic mass is 14.9. The summed E-state index contributed by atoms with van der Waals surface area (Å²) in [7, 11) is 0. The van der Waals surface area contributed by atoms with E-state index in [2.05, 4.69) is 173 Å². The average Bonchev–Trinajstić information content (AvgIpc) is 3.40. The van der Waals surface area contributed by atoms with Gasteiger partial charge in [-0.3, -0.25) is 0 Å². The molecule has 6 aromatic carbocycles. The van der Waals surface area contributed by atoms with Crippen LogP contribution in [0.15, 0.2) is 151 Å². The van der Waals surface area contributed by atoms with Crippen molar-refractivity contribution in [3.63, 3.8) is 0 Å². The first-order valence-electron chi connectivity index (χ1n) is 18.1. The Balaban J connectivity index is 1.18. The lowest BCUT2D eigenvalue weighted by molar-refractivity contribution is 0.660. The van der Waals surface area contributed by atoms with Crippen molar-refractivity contribution in [2.75, 3.05) is 0 Å². The largest absolute Gasteiger partial charge is 0.228 e. The fourth-order valence-electron chi connectivity index (χ4n) is 8.31. The maximum atomic E-state index is 5.30. The van der Waals surface area contributed by atoms with Gasteiger partial charge in [-0.2, -0.15) is 0 Å². The Morgan fingerprint density at radius 3 is 1.92 bits per heavy atom. The topological polar surface area (TPSA) is 25.8 Å². The van der Waals surface area contributed by atoms with Crippen LogP contribution in [0.5, 0.6) is 0 Å². The van der Waals surface area contributed by atoms with Gasteiger partial charge in [0.25, 0.3) is 0 Å². The highest BCUT2D eigenvalue weighted by Crippen LogP contribution is 2.50. The van der Waals surface area contributed by atoms with Crippen LogP contribution in [0.1, 0.15) is 55.9 Å². The lowest BCUT2D eigenvalue weighted by Crippen LogP contribution is -2.14. The fraction of sp³-hybridized carbons (Fsp3) is 0.143. The van der Waals surface area contributed by atoms with Gasteiger partial charge in [0.1, 0.15) is 0 Å². The zero-order valence-corrected chi connectivity index (χ0v) is 29.7. The van der Waals surface area contributed by atoms with Gasteiger partial charge < -0.3 is 0 Å². The Labute approximate surface area is 300 Å². The third-order valence-electron chi connectivity index (χ3n) is 11.1. The normalized spacial score (nSPS) is 14.5. The van der Waals surface area contributed by atoms with E-state index in [1.165, 1.54) is 61.0 Å². The summed E-state index contributed by atoms with van der Waals surface area (Å²) in [5, 5.41) is 2.34. The molecule has 0 amide bonds. The second-order valence-electron chi connectivity index (χ2n) is 14.6. The molecule has 0 atom stereocenters. The minimum absolute atomic E-state index is 0.0563. The molecule has 0 bridgehead atoms. The third kappa shape index (κ3) is 5.25. The molecule has 1 heterocycles. The second kappa shape index (κ2) is 12.2. The summed E-state index contributed by atoms with van der Waals surface area (Å²) in [5.74, 6) is 0.732. The van der Waals surface area contributed by atoms with E-state index in [1.807, 2.05) is 0 Å². The number of nitrogens with zero attached hydrogens (tertiary/aromatic N) is 2. The van der Waals surface area contributed by atoms with Crippen molar-refractivity contribution < 1.29 is 0 Å². The molecule has 0 saturated carbocycles. The van der Waals surface area contributed by atoms with E-state index in [9.17, 15) is 0 Å². The van der Waals surface area contributed by atoms with Gasteiger partial charge in [-0.1, -0.05) is 141 Å². The molecule has 1 aromatic heterocycles. The van der Waals surface area contributed by atoms with E-state index in [0.717, 1.165) is 52.1 Å². The molecular formula is C49H40N2. The van der Waals surface area contributed by atoms with Gasteiger partial charge in [0, 0.05) is 22.1 Å². The molecule has 0 aliphatic heterocycles. The quantitative estimate of drug-likeness (QED) is 0.184. The van der Waals surface area contributed by atoms with E-state index >= 15 is 0 Å². The average molecular weight is 657 g/mol. The monoisotopic (exact) mass is 656 g/mol. The molecule has 9 rings (SSSR count). The summed E-state index contributed by atoms with van der Waals surface area (Å²) in [6.45, 7) is 9.16. The molecule has 0 unspecified atom stereocenters. The minimum atomic E-state index is -0.0563. The molecule has 0 N–H and O–H groups in total. The number of fused-ring (bicyclic) bond motifs is 4. The van der Waals surface area contributed by atoms with Crippen molar-refractivity contribution in [3.05, 3.63) is 173 Å². The SMILES string of the molecule is CC1=C(c2ccc(-c3cc(-c4ccccc4)nc(-c4ccc(-c5ccc6c(c5)C(C)(C)c5ccccc5-6)c5ccccc45)n3)cc2C)C=CCC1. The van der Waals surface area contributed by atoms with Crippen molar-refractivity contribution in [1.29, 1.82) is 0 Å². The van der Waals surface area contributed by atoms with Crippen LogP contribution in [0.4, 0.5) is 0 Å². The van der Waals surface area contributed by atoms with Crippen LogP contribution in [0.3, 0.4) is 0 Å². The van der Waals surface area contributed by atoms with E-state index < -0.39 is 0 Å². The van der Waals surface area contributed by atoms with Crippen LogP contribution < -0.4 is 0 Å². The lowest BCUT2D eigenvalue weighted by Gasteiger charge is -2.22. The molecule has 2 aliphatic carbocycles. The van der Waals surface area contributed by atoms with Crippen molar-refractivity contribution >= 4 is 16.3 Å². The smallest absolute Gasteiger partial charge is 0.161 e. The van der Waals surface area contributed by atoms with E-state index in [0.29, 0.717) is 0 Å². The van der Waals surface area contributed by atoms with E-state index in [-0.39, 0.29) is 5.41 Å². The second-order valence-corrected chi connectivity index (χ2v) is 14.6. The molecule has 0 spiro atoms. The summed E-state index contributed by atoms with van der Waals surface area (Å²) in [5.41, 5.74) is 18.2. The molecular weight excluding hydrogens is 617 g/mol. The maximum Gasteiger partial charge on any atom is 0.161 e. The van der Waals surface area contributed by atoms with Crippen molar-refractivity contribution in [2.24, 2.45) is 0 Å². The first-order chi connectivity index (χ1) is 24.9. The standard InChI is InChI=1S/C49H40N2/c1-31-14-8-9-17-36(31)37-24-23-35(28-32(37)2)47-30-46(33-15-6-5-7-16-33)50-48(51-47)43-27-26-38(39-18-10-11-19-40(39)43)34-22-25-42-41-20-12-13-21-44(41)49(3,4)45(42)29-34/h5-7,9-13,15-30H,8,14H2,1-4H3. The first-order valence-corrected chi connectivity index (χ1v) is 18.1. The zero-order valence-electron chi connectivity index (χ0n) is 29.7. The number of hydrogen-bond donors (Lipinski definition) is 0. The molecule has 2 heteroatoms. The Morgan fingerprint density at radius 1 is 0.510 bits per heavy atom. The lowest BCUT2D eigenvalue weighted by atomic mass is 9.81. The van der Waals surface area contributed by atoms with Crippen LogP contribution in [0.2, 0.25) is 0 Å². The fourth-order valence-corrected chi connectivity index (χ4v) is 8.31. The Hall–Kier alpha value is -5.86. The van der Waals surface area contributed by atoms with Crippen LogP contribution in [-0.2, 0) is 5.41 Å². The Kier molecular flexibility index (Phi) is 7.44. The van der Waals surface area contributed by atoms with E-state index in [1.54, 1.807) is 0 Å². The van der Waals surface area contributed by atoms with Gasteiger partial charge in [0.05, 0.1) is 11.4 Å². The van der Waals surface area contributed by atoms with Crippen LogP contribution in [-0.4, -0.2) is 9.97 Å². The van der Waals surface area contributed by atoms with Crippen molar-refractivity contribution in [1.82, 2.24) is 9.97 Å². The maximum absolute atomic E-state index is 5.30. The van der Waals surface area contributed by atoms with E-state index in [4.69, 9.17) is 9.97 Å². The Morgan fingerprint density at radius 2 is 1.14 bits per heavy atom. The molecule has 2 aliphatic rings. The molecule has 2 nitrogen and oxygen atoms in total. The summed E-state index contributed by atoms with van der Waals surface area (Å²) in [6, 6.07) is 48.4. The van der Waals surface area contributed by atoms with Gasteiger partial charge >= 0.3 is 0 Å². The minimum Gasteiger partial charge on any atom is -0.228 e. The molecule has 0 saturated heterocycles. The van der Waals surface area contributed by atoms with Gasteiger partial charge in [-0.05, 0) is 112 Å². The summed E-state index contributed by atoms with van der Waals surface area (Å²) >= 11 is 0. The van der Waals surface area contributed by atoms with Crippen LogP contribution in [0, 0.1) is 6.92 Å². The number of allylic oxidation sites excluding steroid dienone is 4. The number of benzene rings is 6. The number of hydrogen-bond acceptors (Lipinski definition) is 2. The van der Waals surface area contributed by atoms with Crippen molar-refractivity contribution in [3.8, 4) is 56.2 Å². The molecule has 0 radical (unpaired) electrons. The highest BCUT2D eigenvalue weighted by molar-refractivity contribution is 6.04. The highest BCUT2D eigenvalue weighted by Gasteiger charge is 2.35.